The van der Waals surface area contributed by atoms with Gasteiger partial charge in [-0.3, -0.25) is 15.1 Å². The smallest absolute Gasteiger partial charge is 0.257 e. The predicted molar refractivity (Wildman–Crippen MR) is 112 cm³/mol. The summed E-state index contributed by atoms with van der Waals surface area (Å²) in [5.41, 5.74) is 4.39. The largest absolute Gasteiger partial charge is 0.436 e. The Labute approximate surface area is 166 Å². The minimum absolute atomic E-state index is 0.210. The number of hydrogen-bond donors (Lipinski definition) is 2. The summed E-state index contributed by atoms with van der Waals surface area (Å²) in [4.78, 5) is 20.9. The zero-order chi connectivity index (χ0) is 19.5. The Morgan fingerprint density at radius 1 is 1.11 bits per heavy atom. The molecule has 6 nitrogen and oxygen atoms in total. The summed E-state index contributed by atoms with van der Waals surface area (Å²) in [7, 11) is 0. The number of hydrogen-bond acceptors (Lipinski definition) is 5. The van der Waals surface area contributed by atoms with Gasteiger partial charge in [-0.25, -0.2) is 4.98 Å². The maximum absolute atomic E-state index is 12.3. The number of nitrogens with zero attached hydrogens (tertiary/aromatic N) is 2. The van der Waals surface area contributed by atoms with Gasteiger partial charge in [0.2, 0.25) is 5.89 Å². The first-order valence-electron chi connectivity index (χ1n) is 8.58. The Hall–Kier alpha value is -3.58. The van der Waals surface area contributed by atoms with Crippen molar-refractivity contribution in [3.63, 3.8) is 0 Å². The topological polar surface area (TPSA) is 80.0 Å². The molecule has 0 aliphatic rings. The Balaban J connectivity index is 1.48. The summed E-state index contributed by atoms with van der Waals surface area (Å²) in [6, 6.07) is 16.4. The molecule has 0 aliphatic carbocycles. The first-order valence-corrected chi connectivity index (χ1v) is 8.99. The van der Waals surface area contributed by atoms with Gasteiger partial charge in [0.15, 0.2) is 10.7 Å². The maximum atomic E-state index is 12.3. The van der Waals surface area contributed by atoms with E-state index in [9.17, 15) is 4.79 Å². The summed E-state index contributed by atoms with van der Waals surface area (Å²) >= 11 is 5.25. The highest BCUT2D eigenvalue weighted by Gasteiger charge is 2.11. The van der Waals surface area contributed by atoms with Crippen LogP contribution in [0.5, 0.6) is 0 Å². The first kappa shape index (κ1) is 17.8. The van der Waals surface area contributed by atoms with Crippen molar-refractivity contribution >= 4 is 40.0 Å². The van der Waals surface area contributed by atoms with Gasteiger partial charge in [-0.1, -0.05) is 17.7 Å². The predicted octanol–water partition coefficient (Wildman–Crippen LogP) is 4.33. The van der Waals surface area contributed by atoms with E-state index in [1.165, 1.54) is 0 Å². The summed E-state index contributed by atoms with van der Waals surface area (Å²) < 4.78 is 5.77. The molecule has 4 aromatic rings. The average molecular weight is 388 g/mol. The van der Waals surface area contributed by atoms with Crippen molar-refractivity contribution in [2.45, 2.75) is 6.92 Å². The molecule has 0 saturated heterocycles. The molecule has 0 spiro atoms. The van der Waals surface area contributed by atoms with Gasteiger partial charge in [0.25, 0.3) is 5.91 Å². The third kappa shape index (κ3) is 3.89. The molecule has 2 aromatic heterocycles. The van der Waals surface area contributed by atoms with Gasteiger partial charge in [0, 0.05) is 23.6 Å². The molecule has 0 fully saturated rings. The summed E-state index contributed by atoms with van der Waals surface area (Å²) in [6.45, 7) is 1.93. The molecule has 1 amide bonds. The molecular formula is C21H16N4O2S. The van der Waals surface area contributed by atoms with Crippen molar-refractivity contribution in [3.05, 3.63) is 78.1 Å². The molecule has 138 valence electrons. The molecule has 0 unspecified atom stereocenters. The van der Waals surface area contributed by atoms with Crippen LogP contribution < -0.4 is 10.6 Å². The number of amides is 1. The monoisotopic (exact) mass is 388 g/mol. The Morgan fingerprint density at radius 3 is 2.79 bits per heavy atom. The number of aryl methyl sites for hydroxylation is 1. The number of thiocarbonyl (C=S) groups is 1. The Bertz CT molecular complexity index is 1170. The molecule has 2 heterocycles. The highest BCUT2D eigenvalue weighted by Crippen LogP contribution is 2.25. The van der Waals surface area contributed by atoms with Crippen molar-refractivity contribution < 1.29 is 9.21 Å². The van der Waals surface area contributed by atoms with E-state index in [1.54, 1.807) is 30.6 Å². The highest BCUT2D eigenvalue weighted by molar-refractivity contribution is 7.80. The van der Waals surface area contributed by atoms with Crippen LogP contribution in [0.4, 0.5) is 5.69 Å². The number of pyridine rings is 1. The molecular weight excluding hydrogens is 372 g/mol. The van der Waals surface area contributed by atoms with Crippen LogP contribution in [-0.2, 0) is 0 Å². The lowest BCUT2D eigenvalue weighted by Gasteiger charge is -2.09. The number of oxazole rings is 1. The lowest BCUT2D eigenvalue weighted by atomic mass is 10.1. The first-order chi connectivity index (χ1) is 13.6. The maximum Gasteiger partial charge on any atom is 0.257 e. The molecule has 0 saturated carbocycles. The second kappa shape index (κ2) is 7.58. The van der Waals surface area contributed by atoms with Crippen LogP contribution in [0.15, 0.2) is 71.4 Å². The van der Waals surface area contributed by atoms with E-state index in [4.69, 9.17) is 16.6 Å². The Morgan fingerprint density at radius 2 is 2.00 bits per heavy atom. The van der Waals surface area contributed by atoms with Gasteiger partial charge in [0.05, 0.1) is 5.56 Å². The van der Waals surface area contributed by atoms with E-state index >= 15 is 0 Å². The summed E-state index contributed by atoms with van der Waals surface area (Å²) in [5.74, 6) is 0.234. The molecule has 0 radical (unpaired) electrons. The molecule has 28 heavy (non-hydrogen) atoms. The van der Waals surface area contributed by atoms with Crippen LogP contribution in [0.3, 0.4) is 0 Å². The van der Waals surface area contributed by atoms with Crippen molar-refractivity contribution in [2.75, 3.05) is 5.32 Å². The van der Waals surface area contributed by atoms with E-state index in [2.05, 4.69) is 20.6 Å². The van der Waals surface area contributed by atoms with Crippen LogP contribution in [0.25, 0.3) is 22.6 Å². The fraction of sp³-hybridized carbons (Fsp3) is 0.0476. The zero-order valence-corrected chi connectivity index (χ0v) is 15.8. The number of aromatic nitrogens is 2. The lowest BCUT2D eigenvalue weighted by molar-refractivity contribution is 0.0977. The Kier molecular flexibility index (Phi) is 4.82. The zero-order valence-electron chi connectivity index (χ0n) is 15.0. The van der Waals surface area contributed by atoms with Gasteiger partial charge in [0.1, 0.15) is 5.52 Å². The van der Waals surface area contributed by atoms with Gasteiger partial charge in [-0.2, -0.15) is 0 Å². The number of rotatable bonds is 3. The lowest BCUT2D eigenvalue weighted by Crippen LogP contribution is -2.34. The van der Waals surface area contributed by atoms with E-state index in [1.807, 2.05) is 43.3 Å². The van der Waals surface area contributed by atoms with Crippen LogP contribution in [0, 0.1) is 6.92 Å². The quantitative estimate of drug-likeness (QED) is 0.509. The molecule has 2 aromatic carbocycles. The van der Waals surface area contributed by atoms with Gasteiger partial charge in [-0.05, 0) is 61.6 Å². The third-order valence-corrected chi connectivity index (χ3v) is 4.27. The summed E-state index contributed by atoms with van der Waals surface area (Å²) in [5, 5.41) is 5.89. The van der Waals surface area contributed by atoms with E-state index in [0.717, 1.165) is 11.1 Å². The summed E-state index contributed by atoms with van der Waals surface area (Å²) in [6.07, 6.45) is 3.39. The van der Waals surface area contributed by atoms with Gasteiger partial charge < -0.3 is 9.73 Å². The van der Waals surface area contributed by atoms with Gasteiger partial charge >= 0.3 is 0 Å². The van der Waals surface area contributed by atoms with Gasteiger partial charge in [-0.15, -0.1) is 0 Å². The molecule has 4 rings (SSSR count). The number of anilines is 1. The fourth-order valence-electron chi connectivity index (χ4n) is 2.74. The van der Waals surface area contributed by atoms with Crippen molar-refractivity contribution in [1.29, 1.82) is 0 Å². The SMILES string of the molecule is Cc1cccc(C(=O)NC(=S)Nc2ccc3oc(-c4cccnc4)nc3c2)c1. The molecule has 0 aliphatic heterocycles. The molecule has 2 N–H and O–H groups in total. The van der Waals surface area contributed by atoms with E-state index < -0.39 is 0 Å². The normalized spacial score (nSPS) is 10.6. The third-order valence-electron chi connectivity index (χ3n) is 4.06. The standard InChI is InChI=1S/C21H16N4O2S/c1-13-4-2-5-14(10-13)19(26)25-21(28)23-16-7-8-18-17(11-16)24-20(27-18)15-6-3-9-22-12-15/h2-12H,1H3,(H2,23,25,26,28). The van der Waals surface area contributed by atoms with Crippen molar-refractivity contribution in [3.8, 4) is 11.5 Å². The number of benzene rings is 2. The second-order valence-corrected chi connectivity index (χ2v) is 6.63. The number of carbonyl (C=O) groups excluding carboxylic acids is 1. The van der Waals surface area contributed by atoms with Crippen LogP contribution in [0.1, 0.15) is 15.9 Å². The van der Waals surface area contributed by atoms with Crippen LogP contribution in [0.2, 0.25) is 0 Å². The number of nitrogens with one attached hydrogen (secondary N) is 2. The highest BCUT2D eigenvalue weighted by atomic mass is 32.1. The molecule has 0 atom stereocenters. The van der Waals surface area contributed by atoms with Crippen LogP contribution in [-0.4, -0.2) is 21.0 Å². The van der Waals surface area contributed by atoms with E-state index in [0.29, 0.717) is 28.2 Å². The minimum atomic E-state index is -0.262. The van der Waals surface area contributed by atoms with E-state index in [-0.39, 0.29) is 11.0 Å². The molecule has 7 heteroatoms. The van der Waals surface area contributed by atoms with Crippen LogP contribution >= 0.6 is 12.2 Å². The minimum Gasteiger partial charge on any atom is -0.436 e. The number of fused-ring (bicyclic) bond motifs is 1. The number of carbonyl (C=O) groups is 1. The molecule has 0 bridgehead atoms. The van der Waals surface area contributed by atoms with Crippen molar-refractivity contribution in [2.24, 2.45) is 0 Å². The fourth-order valence-corrected chi connectivity index (χ4v) is 2.95. The average Bonchev–Trinajstić information content (AvgIpc) is 3.12. The second-order valence-electron chi connectivity index (χ2n) is 6.22. The van der Waals surface area contributed by atoms with Crippen molar-refractivity contribution in [1.82, 2.24) is 15.3 Å².